The van der Waals surface area contributed by atoms with Gasteiger partial charge in [-0.15, -0.1) is 0 Å². The molecule has 0 aromatic rings. The van der Waals surface area contributed by atoms with Crippen LogP contribution in [0.15, 0.2) is 0 Å². The molecule has 0 radical (unpaired) electrons. The number of rotatable bonds is 11. The first kappa shape index (κ1) is 33.7. The summed E-state index contributed by atoms with van der Waals surface area (Å²) in [7, 11) is 0. The van der Waals surface area contributed by atoms with Gasteiger partial charge < -0.3 is 34.5 Å². The van der Waals surface area contributed by atoms with E-state index in [1.165, 1.54) is 0 Å². The summed E-state index contributed by atoms with van der Waals surface area (Å²) in [4.78, 5) is 66.7. The van der Waals surface area contributed by atoms with Gasteiger partial charge >= 0.3 is 106 Å². The number of aliphatic carboxylic acids is 3. The molecule has 3 atom stereocenters. The molecule has 6 N–H and O–H groups in total. The summed E-state index contributed by atoms with van der Waals surface area (Å²) < 4.78 is 26.3. The van der Waals surface area contributed by atoms with E-state index in [4.69, 9.17) is 19.9 Å². The van der Waals surface area contributed by atoms with Gasteiger partial charge in [0.05, 0.1) is 25.7 Å². The molecule has 0 aliphatic heterocycles. The Bertz CT molecular complexity index is 724. The number of ether oxygens (including phenoxy) is 1. The molecule has 0 rings (SSSR count). The molecule has 0 aromatic heterocycles. The van der Waals surface area contributed by atoms with Crippen LogP contribution in [0.5, 0.6) is 0 Å². The number of carboxylic acids is 3. The monoisotopic (exact) mass is 478 g/mol. The number of carbonyl (C=O) groups is 6. The number of carbonyl (C=O) groups excluding carboxylic acids is 3. The van der Waals surface area contributed by atoms with Gasteiger partial charge in [-0.2, -0.15) is 4.21 Å². The third-order valence-corrected chi connectivity index (χ3v) is 3.27. The first-order valence-electron chi connectivity index (χ1n) is 6.80. The molecule has 0 aromatic carbocycles. The van der Waals surface area contributed by atoms with Crippen molar-refractivity contribution in [2.45, 2.75) is 36.9 Å². The van der Waals surface area contributed by atoms with Gasteiger partial charge in [-0.3, -0.25) is 23.7 Å². The van der Waals surface area contributed by atoms with Crippen LogP contribution in [0.1, 0.15) is 25.7 Å². The van der Waals surface area contributed by atoms with Crippen LogP contribution < -0.4 is 0 Å². The topological polar surface area (TPSA) is 259 Å². The fraction of sp³-hybridized carbons (Fsp3) is 0.500. The quantitative estimate of drug-likeness (QED) is 0.0710. The van der Waals surface area contributed by atoms with Gasteiger partial charge in [0, 0.05) is 0 Å². The molecule has 0 amide bonds. The Kier molecular flexibility index (Phi) is 15.9. The van der Waals surface area contributed by atoms with Gasteiger partial charge in [0.1, 0.15) is 0 Å². The van der Waals surface area contributed by atoms with E-state index >= 15 is 0 Å². The second-order valence-electron chi connectivity index (χ2n) is 5.29. The molecule has 0 aliphatic rings. The van der Waals surface area contributed by atoms with Crippen LogP contribution in [0, 0.1) is 0 Å². The van der Waals surface area contributed by atoms with Gasteiger partial charge in [-0.1, -0.05) is 0 Å². The third-order valence-electron chi connectivity index (χ3n) is 2.94. The number of hydrogen-bond acceptors (Lipinski definition) is 11. The van der Waals surface area contributed by atoms with Crippen molar-refractivity contribution in [2.24, 2.45) is 0 Å². The SMILES string of the molecule is O=C(O)CC(O)(CC(=O)OC(=O)CC(O)(CC(=O)OS(=O)O)C(=O)O)C(=O)O.[NaH].[NaH]. The Morgan fingerprint density at radius 2 is 1.03 bits per heavy atom. The van der Waals surface area contributed by atoms with Crippen molar-refractivity contribution in [1.82, 2.24) is 0 Å². The second-order valence-corrected chi connectivity index (χ2v) is 5.89. The Balaban J connectivity index is -0.00000364. The standard InChI is InChI=1S/C12H14O15S.2Na.2H/c13-5(14)1-11(22,9(18)19)2-6(15)26-7(16)3-12(23,10(20)21)4-8(17)27-28(24)25;;;;/h22-23H,1-4H2,(H,13,14)(H,18,19)(H,20,21)(H,24,25);;;;. The molecule has 0 heterocycles. The second kappa shape index (κ2) is 14.2. The van der Waals surface area contributed by atoms with Crippen molar-refractivity contribution in [3.05, 3.63) is 0 Å². The van der Waals surface area contributed by atoms with Crippen LogP contribution >= 0.6 is 0 Å². The predicted molar refractivity (Wildman–Crippen MR) is 93.5 cm³/mol. The van der Waals surface area contributed by atoms with E-state index in [0.717, 1.165) is 0 Å². The van der Waals surface area contributed by atoms with Crippen molar-refractivity contribution in [1.29, 1.82) is 0 Å². The van der Waals surface area contributed by atoms with E-state index in [0.29, 0.717) is 0 Å². The van der Waals surface area contributed by atoms with Crippen LogP contribution in [-0.4, -0.2) is 140 Å². The van der Waals surface area contributed by atoms with Gasteiger partial charge in [0.25, 0.3) is 0 Å². The Hall–Kier alpha value is -0.950. The van der Waals surface area contributed by atoms with Gasteiger partial charge in [-0.25, -0.2) is 9.59 Å². The van der Waals surface area contributed by atoms with Crippen LogP contribution in [-0.2, 0) is 49.0 Å². The average Bonchev–Trinajstić information content (AvgIpc) is 2.43. The zero-order valence-electron chi connectivity index (χ0n) is 13.6. The summed E-state index contributed by atoms with van der Waals surface area (Å²) in [5.41, 5.74) is -6.36. The number of aliphatic hydroxyl groups is 2. The zero-order valence-corrected chi connectivity index (χ0v) is 14.4. The van der Waals surface area contributed by atoms with E-state index in [1.807, 2.05) is 0 Å². The molecular weight excluding hydrogens is 462 g/mol. The number of hydrogen-bond donors (Lipinski definition) is 6. The Morgan fingerprint density at radius 1 is 0.700 bits per heavy atom. The number of esters is 2. The predicted octanol–water partition coefficient (Wildman–Crippen LogP) is -4.28. The van der Waals surface area contributed by atoms with Crippen molar-refractivity contribution in [3.8, 4) is 0 Å². The summed E-state index contributed by atoms with van der Waals surface area (Å²) in [5, 5.41) is 45.6. The molecule has 0 fully saturated rings. The fourth-order valence-corrected chi connectivity index (χ4v) is 1.92. The Morgan fingerprint density at radius 3 is 1.33 bits per heavy atom. The summed E-state index contributed by atoms with van der Waals surface area (Å²) in [6, 6.07) is 0. The molecule has 0 bridgehead atoms. The van der Waals surface area contributed by atoms with E-state index < -0.39 is 84.1 Å². The molecule has 30 heavy (non-hydrogen) atoms. The minimum atomic E-state index is -3.22. The van der Waals surface area contributed by atoms with Crippen molar-refractivity contribution >= 4 is 106 Å². The van der Waals surface area contributed by atoms with E-state index in [9.17, 15) is 43.2 Å². The summed E-state index contributed by atoms with van der Waals surface area (Å²) in [6.07, 6.45) is -6.02. The first-order valence-corrected chi connectivity index (χ1v) is 7.83. The summed E-state index contributed by atoms with van der Waals surface area (Å²) in [6.45, 7) is 0. The molecule has 15 nitrogen and oxygen atoms in total. The molecule has 0 saturated carbocycles. The normalized spacial score (nSPS) is 14.9. The molecule has 18 heteroatoms. The van der Waals surface area contributed by atoms with Gasteiger partial charge in [-0.05, 0) is 0 Å². The van der Waals surface area contributed by atoms with Crippen LogP contribution in [0.3, 0.4) is 0 Å². The maximum absolute atomic E-state index is 11.6. The molecule has 162 valence electrons. The van der Waals surface area contributed by atoms with Crippen molar-refractivity contribution < 1.29 is 72.0 Å². The van der Waals surface area contributed by atoms with Crippen molar-refractivity contribution in [3.63, 3.8) is 0 Å². The van der Waals surface area contributed by atoms with E-state index in [1.54, 1.807) is 0 Å². The van der Waals surface area contributed by atoms with Crippen molar-refractivity contribution in [2.75, 3.05) is 0 Å². The van der Waals surface area contributed by atoms with Gasteiger partial charge in [0.15, 0.2) is 11.2 Å². The first-order chi connectivity index (χ1) is 12.6. The van der Waals surface area contributed by atoms with Crippen LogP contribution in [0.4, 0.5) is 0 Å². The molecule has 0 spiro atoms. The fourth-order valence-electron chi connectivity index (χ4n) is 1.70. The van der Waals surface area contributed by atoms with E-state index in [2.05, 4.69) is 8.92 Å². The molecule has 0 aliphatic carbocycles. The molecular formula is C12H16Na2O15S. The summed E-state index contributed by atoms with van der Waals surface area (Å²) in [5.74, 6) is -11.4. The van der Waals surface area contributed by atoms with Gasteiger partial charge in [0.2, 0.25) is 0 Å². The maximum atomic E-state index is 11.6. The Labute approximate surface area is 213 Å². The average molecular weight is 478 g/mol. The van der Waals surface area contributed by atoms with E-state index in [-0.39, 0.29) is 59.1 Å². The minimum absolute atomic E-state index is 0. The zero-order chi connectivity index (χ0) is 22.3. The van der Waals surface area contributed by atoms with Crippen LogP contribution in [0.25, 0.3) is 0 Å². The molecule has 3 unspecified atom stereocenters. The number of carboxylic acid groups (broad SMARTS) is 3. The molecule has 0 saturated heterocycles. The summed E-state index contributed by atoms with van der Waals surface area (Å²) >= 11 is -3.14. The third kappa shape index (κ3) is 12.0. The van der Waals surface area contributed by atoms with Crippen LogP contribution in [0.2, 0.25) is 0 Å².